The highest BCUT2D eigenvalue weighted by molar-refractivity contribution is 9.10. The Labute approximate surface area is 161 Å². The van der Waals surface area contributed by atoms with Crippen molar-refractivity contribution in [2.45, 2.75) is 45.2 Å². The molecule has 6 nitrogen and oxygen atoms in total. The average Bonchev–Trinajstić information content (AvgIpc) is 3.08. The number of nitrogens with one attached hydrogen (secondary N) is 2. The zero-order valence-corrected chi connectivity index (χ0v) is 16.5. The molecule has 0 spiro atoms. The normalized spacial score (nSPS) is 17.0. The van der Waals surface area contributed by atoms with E-state index in [4.69, 9.17) is 0 Å². The lowest BCUT2D eigenvalue weighted by molar-refractivity contribution is 0.392. The number of guanidine groups is 1. The second-order valence-electron chi connectivity index (χ2n) is 6.34. The number of aryl methyl sites for hydroxylation is 2. The highest BCUT2D eigenvalue weighted by Crippen LogP contribution is 2.16. The number of rotatable bonds is 6. The molecule has 1 aromatic heterocycles. The molecule has 2 aromatic rings. The number of aliphatic imine (C=N–C) groups is 1. The summed E-state index contributed by atoms with van der Waals surface area (Å²) in [6.45, 7) is 4.29. The highest BCUT2D eigenvalue weighted by atomic mass is 79.9. The molecule has 0 saturated carbocycles. The first kappa shape index (κ1) is 18.8. The van der Waals surface area contributed by atoms with Crippen LogP contribution in [-0.2, 0) is 19.4 Å². The van der Waals surface area contributed by atoms with Gasteiger partial charge in [0.05, 0.1) is 6.54 Å². The molecule has 0 saturated heterocycles. The largest absolute Gasteiger partial charge is 0.357 e. The van der Waals surface area contributed by atoms with Crippen LogP contribution in [0.4, 0.5) is 4.39 Å². The maximum absolute atomic E-state index is 13.9. The van der Waals surface area contributed by atoms with Crippen LogP contribution in [0.15, 0.2) is 34.0 Å². The molecule has 0 radical (unpaired) electrons. The molecule has 2 heterocycles. The van der Waals surface area contributed by atoms with Crippen LogP contribution < -0.4 is 10.6 Å². The van der Waals surface area contributed by atoms with Crippen LogP contribution in [0.2, 0.25) is 0 Å². The Kier molecular flexibility index (Phi) is 6.60. The van der Waals surface area contributed by atoms with Crippen molar-refractivity contribution in [3.05, 3.63) is 46.2 Å². The Morgan fingerprint density at radius 2 is 2.35 bits per heavy atom. The quantitative estimate of drug-likeness (QED) is 0.426. The molecule has 1 aromatic carbocycles. The van der Waals surface area contributed by atoms with Crippen molar-refractivity contribution >= 4 is 21.9 Å². The van der Waals surface area contributed by atoms with Crippen LogP contribution in [0.1, 0.15) is 31.2 Å². The van der Waals surface area contributed by atoms with Gasteiger partial charge < -0.3 is 10.6 Å². The van der Waals surface area contributed by atoms with E-state index in [1.807, 2.05) is 23.7 Å². The van der Waals surface area contributed by atoms with Crippen LogP contribution in [0, 0.1) is 5.82 Å². The first-order valence-corrected chi connectivity index (χ1v) is 9.80. The molecule has 0 bridgehead atoms. The molecule has 1 aliphatic rings. The fourth-order valence-electron chi connectivity index (χ4n) is 3.05. The molecular weight excluding hydrogens is 399 g/mol. The van der Waals surface area contributed by atoms with Crippen molar-refractivity contribution in [2.24, 2.45) is 4.99 Å². The summed E-state index contributed by atoms with van der Waals surface area (Å²) >= 11 is 3.28. The van der Waals surface area contributed by atoms with Crippen LogP contribution >= 0.6 is 15.9 Å². The third kappa shape index (κ3) is 5.03. The molecule has 3 rings (SSSR count). The van der Waals surface area contributed by atoms with Gasteiger partial charge in [-0.15, -0.1) is 0 Å². The van der Waals surface area contributed by atoms with E-state index >= 15 is 0 Å². The Morgan fingerprint density at radius 3 is 3.15 bits per heavy atom. The third-order valence-electron chi connectivity index (χ3n) is 4.38. The Morgan fingerprint density at radius 1 is 1.46 bits per heavy atom. The predicted molar refractivity (Wildman–Crippen MR) is 104 cm³/mol. The maximum Gasteiger partial charge on any atom is 0.191 e. The maximum atomic E-state index is 13.9. The van der Waals surface area contributed by atoms with Gasteiger partial charge in [0.15, 0.2) is 5.96 Å². The number of hydrogen-bond donors (Lipinski definition) is 2. The van der Waals surface area contributed by atoms with Crippen LogP contribution in [0.3, 0.4) is 0 Å². The van der Waals surface area contributed by atoms with E-state index in [1.54, 1.807) is 6.33 Å². The summed E-state index contributed by atoms with van der Waals surface area (Å²) in [5, 5.41) is 11.0. The zero-order chi connectivity index (χ0) is 18.4. The lowest BCUT2D eigenvalue weighted by atomic mass is 10.1. The van der Waals surface area contributed by atoms with Gasteiger partial charge in [0.25, 0.3) is 0 Å². The minimum atomic E-state index is -0.167. The van der Waals surface area contributed by atoms with Crippen molar-refractivity contribution in [3.63, 3.8) is 0 Å². The van der Waals surface area contributed by atoms with E-state index in [9.17, 15) is 4.39 Å². The molecule has 140 valence electrons. The number of nitrogens with zero attached hydrogens (tertiary/aromatic N) is 4. The first-order chi connectivity index (χ1) is 12.7. The van der Waals surface area contributed by atoms with Gasteiger partial charge in [-0.05, 0) is 43.9 Å². The molecule has 0 amide bonds. The summed E-state index contributed by atoms with van der Waals surface area (Å²) in [5.41, 5.74) is 0.729. The number of hydrogen-bond acceptors (Lipinski definition) is 3. The lowest BCUT2D eigenvalue weighted by Crippen LogP contribution is -2.47. The van der Waals surface area contributed by atoms with Crippen molar-refractivity contribution in [1.29, 1.82) is 0 Å². The zero-order valence-electron chi connectivity index (χ0n) is 14.9. The molecule has 26 heavy (non-hydrogen) atoms. The lowest BCUT2D eigenvalue weighted by Gasteiger charge is -2.25. The minimum absolute atomic E-state index is 0.167. The average molecular weight is 423 g/mol. The van der Waals surface area contributed by atoms with E-state index in [0.29, 0.717) is 13.0 Å². The van der Waals surface area contributed by atoms with Gasteiger partial charge in [-0.3, -0.25) is 4.99 Å². The summed E-state index contributed by atoms with van der Waals surface area (Å²) in [7, 11) is 0. The summed E-state index contributed by atoms with van der Waals surface area (Å²) in [6, 6.07) is 5.48. The molecular formula is C18H24BrFN6. The molecule has 2 N–H and O–H groups in total. The molecule has 8 heteroatoms. The number of benzene rings is 1. The second kappa shape index (κ2) is 9.12. The summed E-state index contributed by atoms with van der Waals surface area (Å²) in [5.74, 6) is 1.68. The van der Waals surface area contributed by atoms with E-state index in [1.165, 1.54) is 6.07 Å². The molecule has 0 fully saturated rings. The van der Waals surface area contributed by atoms with Gasteiger partial charge in [0.2, 0.25) is 0 Å². The second-order valence-corrected chi connectivity index (χ2v) is 7.25. The van der Waals surface area contributed by atoms with E-state index in [0.717, 1.165) is 54.2 Å². The monoisotopic (exact) mass is 422 g/mol. The van der Waals surface area contributed by atoms with Gasteiger partial charge in [0, 0.05) is 30.0 Å². The summed E-state index contributed by atoms with van der Waals surface area (Å²) in [4.78, 5) is 8.88. The van der Waals surface area contributed by atoms with Gasteiger partial charge >= 0.3 is 0 Å². The Balaban J connectivity index is 1.51. The summed E-state index contributed by atoms with van der Waals surface area (Å²) in [6.07, 6.45) is 5.01. The Bertz CT molecular complexity index is 760. The number of halogens is 2. The topological polar surface area (TPSA) is 67.1 Å². The van der Waals surface area contributed by atoms with Crippen molar-refractivity contribution in [2.75, 3.05) is 13.1 Å². The molecule has 1 aliphatic heterocycles. The third-order valence-corrected chi connectivity index (χ3v) is 4.87. The standard InChI is InChI=1S/C18H24BrFN6/c1-2-21-18(25-15-7-8-17-23-12-24-26(17)11-15)22-9-3-4-13-5-6-14(19)10-16(13)20/h5-6,10,12,15H,2-4,7-9,11H2,1H3,(H2,21,22,25). The van der Waals surface area contributed by atoms with Gasteiger partial charge in [-0.1, -0.05) is 22.0 Å². The fraction of sp³-hybridized carbons (Fsp3) is 0.500. The molecule has 1 atom stereocenters. The van der Waals surface area contributed by atoms with Crippen LogP contribution in [0.5, 0.6) is 0 Å². The van der Waals surface area contributed by atoms with Crippen LogP contribution in [-0.4, -0.2) is 39.9 Å². The van der Waals surface area contributed by atoms with Crippen molar-refractivity contribution in [3.8, 4) is 0 Å². The molecule has 1 unspecified atom stereocenters. The van der Waals surface area contributed by atoms with Gasteiger partial charge in [-0.25, -0.2) is 14.1 Å². The van der Waals surface area contributed by atoms with Crippen molar-refractivity contribution < 1.29 is 4.39 Å². The van der Waals surface area contributed by atoms with Gasteiger partial charge in [0.1, 0.15) is 18.0 Å². The van der Waals surface area contributed by atoms with E-state index in [-0.39, 0.29) is 11.9 Å². The highest BCUT2D eigenvalue weighted by Gasteiger charge is 2.20. The van der Waals surface area contributed by atoms with E-state index in [2.05, 4.69) is 41.6 Å². The number of aromatic nitrogens is 3. The smallest absolute Gasteiger partial charge is 0.191 e. The fourth-order valence-corrected chi connectivity index (χ4v) is 3.39. The first-order valence-electron chi connectivity index (χ1n) is 9.01. The summed E-state index contributed by atoms with van der Waals surface area (Å²) < 4.78 is 16.6. The Hall–Kier alpha value is -1.96. The van der Waals surface area contributed by atoms with Crippen LogP contribution in [0.25, 0.3) is 0 Å². The number of fused-ring (bicyclic) bond motifs is 1. The SMILES string of the molecule is CCNC(=NCCCc1ccc(Br)cc1F)NC1CCc2ncnn2C1. The van der Waals surface area contributed by atoms with Crippen molar-refractivity contribution in [1.82, 2.24) is 25.4 Å². The van der Waals surface area contributed by atoms with E-state index < -0.39 is 0 Å². The molecule has 0 aliphatic carbocycles. The van der Waals surface area contributed by atoms with Gasteiger partial charge in [-0.2, -0.15) is 5.10 Å². The predicted octanol–water partition coefficient (Wildman–Crippen LogP) is 2.68. The minimum Gasteiger partial charge on any atom is -0.357 e.